The first-order valence-corrected chi connectivity index (χ1v) is 7.54. The van der Waals surface area contributed by atoms with Gasteiger partial charge in [0.1, 0.15) is 6.10 Å². The van der Waals surface area contributed by atoms with Crippen molar-refractivity contribution in [3.63, 3.8) is 0 Å². The summed E-state index contributed by atoms with van der Waals surface area (Å²) in [5.74, 6) is 1.10. The average molecular weight is 275 g/mol. The van der Waals surface area contributed by atoms with Crippen LogP contribution in [0.4, 0.5) is 0 Å². The molecule has 2 N–H and O–H groups in total. The number of hydrogen-bond donors (Lipinski definition) is 1. The average Bonchev–Trinajstić information content (AvgIpc) is 2.38. The summed E-state index contributed by atoms with van der Waals surface area (Å²) in [5, 5.41) is 0. The lowest BCUT2D eigenvalue weighted by Crippen LogP contribution is -2.29. The van der Waals surface area contributed by atoms with Crippen LogP contribution in [0.15, 0.2) is 30.3 Å². The van der Waals surface area contributed by atoms with E-state index in [0.717, 1.165) is 18.4 Å². The van der Waals surface area contributed by atoms with E-state index < -0.39 is 0 Å². The van der Waals surface area contributed by atoms with Crippen LogP contribution in [0.2, 0.25) is 0 Å². The van der Waals surface area contributed by atoms with Crippen LogP contribution >= 0.6 is 0 Å². The number of hydrogen-bond acceptors (Lipinski definition) is 3. The van der Waals surface area contributed by atoms with Crippen molar-refractivity contribution < 1.29 is 9.53 Å². The van der Waals surface area contributed by atoms with Crippen LogP contribution in [0, 0.1) is 11.8 Å². The minimum atomic E-state index is -0.276. The zero-order chi connectivity index (χ0) is 14.5. The molecule has 0 aromatic heterocycles. The van der Waals surface area contributed by atoms with Crippen molar-refractivity contribution in [2.24, 2.45) is 17.6 Å². The van der Waals surface area contributed by atoms with E-state index in [2.05, 4.69) is 13.8 Å². The highest BCUT2D eigenvalue weighted by Crippen LogP contribution is 2.30. The number of rotatable bonds is 4. The van der Waals surface area contributed by atoms with Gasteiger partial charge in [0.2, 0.25) is 0 Å². The van der Waals surface area contributed by atoms with Gasteiger partial charge in [-0.15, -0.1) is 0 Å². The second kappa shape index (κ2) is 6.89. The summed E-state index contributed by atoms with van der Waals surface area (Å²) in [6.07, 6.45) is 3.53. The molecule has 0 aliphatic heterocycles. The molecule has 0 amide bonds. The zero-order valence-electron chi connectivity index (χ0n) is 12.4. The Morgan fingerprint density at radius 1 is 1.20 bits per heavy atom. The fourth-order valence-electron chi connectivity index (χ4n) is 3.20. The third-order valence-electron chi connectivity index (χ3n) is 4.05. The van der Waals surface area contributed by atoms with E-state index in [1.54, 1.807) is 0 Å². The Balaban J connectivity index is 1.83. The smallest absolute Gasteiger partial charge is 0.307 e. The Labute approximate surface area is 121 Å². The predicted octanol–water partition coefficient (Wildman–Crippen LogP) is 3.44. The highest BCUT2D eigenvalue weighted by Gasteiger charge is 2.27. The van der Waals surface area contributed by atoms with Crippen molar-refractivity contribution in [3.05, 3.63) is 35.9 Å². The lowest BCUT2D eigenvalue weighted by atomic mass is 9.82. The first-order valence-electron chi connectivity index (χ1n) is 7.54. The summed E-state index contributed by atoms with van der Waals surface area (Å²) in [6, 6.07) is 9.43. The number of nitrogens with two attached hydrogens (primary N) is 1. The van der Waals surface area contributed by atoms with Gasteiger partial charge >= 0.3 is 5.97 Å². The summed E-state index contributed by atoms with van der Waals surface area (Å²) in [7, 11) is 0. The lowest BCUT2D eigenvalue weighted by Gasteiger charge is -2.31. The molecule has 3 nitrogen and oxygen atoms in total. The minimum absolute atomic E-state index is 0.0734. The summed E-state index contributed by atoms with van der Waals surface area (Å²) in [6.45, 7) is 4.46. The minimum Gasteiger partial charge on any atom is -0.462 e. The molecule has 0 heterocycles. The summed E-state index contributed by atoms with van der Waals surface area (Å²) < 4.78 is 5.61. The van der Waals surface area contributed by atoms with E-state index in [0.29, 0.717) is 11.8 Å². The fraction of sp³-hybridized carbons (Fsp3) is 0.588. The molecule has 1 aliphatic rings. The predicted molar refractivity (Wildman–Crippen MR) is 80.0 cm³/mol. The molecular formula is C17H25NO2. The second-order valence-corrected chi connectivity index (χ2v) is 6.25. The maximum absolute atomic E-state index is 12.0. The van der Waals surface area contributed by atoms with Crippen LogP contribution < -0.4 is 5.73 Å². The lowest BCUT2D eigenvalue weighted by molar-refractivity contribution is -0.152. The Morgan fingerprint density at radius 3 is 2.40 bits per heavy atom. The Hall–Kier alpha value is -1.35. The maximum atomic E-state index is 12.0. The van der Waals surface area contributed by atoms with Crippen molar-refractivity contribution in [1.29, 1.82) is 0 Å². The highest BCUT2D eigenvalue weighted by molar-refractivity contribution is 5.70. The Morgan fingerprint density at radius 2 is 1.80 bits per heavy atom. The number of carbonyl (C=O) groups is 1. The van der Waals surface area contributed by atoms with Crippen molar-refractivity contribution in [2.75, 3.05) is 0 Å². The first kappa shape index (κ1) is 15.0. The van der Waals surface area contributed by atoms with Crippen LogP contribution in [-0.2, 0) is 9.53 Å². The third-order valence-corrected chi connectivity index (χ3v) is 4.05. The molecule has 1 saturated carbocycles. The van der Waals surface area contributed by atoms with Gasteiger partial charge in [0.05, 0.1) is 6.42 Å². The Bertz CT molecular complexity index is 422. The van der Waals surface area contributed by atoms with E-state index in [9.17, 15) is 4.79 Å². The van der Waals surface area contributed by atoms with Crippen LogP contribution in [0.5, 0.6) is 0 Å². The van der Waals surface area contributed by atoms with Crippen molar-refractivity contribution in [2.45, 2.75) is 51.7 Å². The molecule has 0 bridgehead atoms. The maximum Gasteiger partial charge on any atom is 0.307 e. The number of carbonyl (C=O) groups excluding carboxylic acids is 1. The summed E-state index contributed by atoms with van der Waals surface area (Å²) in [4.78, 5) is 12.0. The van der Waals surface area contributed by atoms with Gasteiger partial charge in [-0.1, -0.05) is 44.2 Å². The van der Waals surface area contributed by atoms with Gasteiger partial charge in [-0.25, -0.2) is 0 Å². The van der Waals surface area contributed by atoms with Gasteiger partial charge in [-0.2, -0.15) is 0 Å². The molecule has 0 radical (unpaired) electrons. The molecule has 1 aromatic carbocycles. The van der Waals surface area contributed by atoms with Gasteiger partial charge < -0.3 is 10.5 Å². The van der Waals surface area contributed by atoms with E-state index in [-0.39, 0.29) is 24.5 Å². The molecule has 1 aliphatic carbocycles. The van der Waals surface area contributed by atoms with Crippen molar-refractivity contribution >= 4 is 5.97 Å². The van der Waals surface area contributed by atoms with Gasteiger partial charge in [-0.05, 0) is 36.7 Å². The monoisotopic (exact) mass is 275 g/mol. The molecule has 0 saturated heterocycles. The molecule has 3 atom stereocenters. The molecule has 1 aromatic rings. The van der Waals surface area contributed by atoms with E-state index in [4.69, 9.17) is 10.5 Å². The van der Waals surface area contributed by atoms with Gasteiger partial charge in [0.25, 0.3) is 0 Å². The van der Waals surface area contributed by atoms with Crippen LogP contribution in [0.3, 0.4) is 0 Å². The van der Waals surface area contributed by atoms with E-state index in [1.165, 1.54) is 6.42 Å². The van der Waals surface area contributed by atoms with E-state index in [1.807, 2.05) is 30.3 Å². The largest absolute Gasteiger partial charge is 0.462 e. The molecule has 20 heavy (non-hydrogen) atoms. The second-order valence-electron chi connectivity index (χ2n) is 6.25. The fourth-order valence-corrected chi connectivity index (χ4v) is 3.20. The number of ether oxygens (including phenoxy) is 1. The SMILES string of the molecule is CC1CC(C)CC(OC(=O)CC(N)c2ccccc2)C1. The molecule has 110 valence electrons. The van der Waals surface area contributed by atoms with Crippen molar-refractivity contribution in [3.8, 4) is 0 Å². The summed E-state index contributed by atoms with van der Waals surface area (Å²) in [5.41, 5.74) is 7.04. The van der Waals surface area contributed by atoms with Crippen LogP contribution in [0.1, 0.15) is 51.1 Å². The zero-order valence-corrected chi connectivity index (χ0v) is 12.4. The van der Waals surface area contributed by atoms with Gasteiger partial charge in [0, 0.05) is 6.04 Å². The quantitative estimate of drug-likeness (QED) is 0.856. The van der Waals surface area contributed by atoms with Gasteiger partial charge in [0.15, 0.2) is 0 Å². The van der Waals surface area contributed by atoms with Gasteiger partial charge in [-0.3, -0.25) is 4.79 Å². The summed E-state index contributed by atoms with van der Waals surface area (Å²) >= 11 is 0. The van der Waals surface area contributed by atoms with Crippen molar-refractivity contribution in [1.82, 2.24) is 0 Å². The molecule has 2 rings (SSSR count). The standard InChI is InChI=1S/C17H25NO2/c1-12-8-13(2)10-15(9-12)20-17(19)11-16(18)14-6-4-3-5-7-14/h3-7,12-13,15-16H,8-11,18H2,1-2H3. The highest BCUT2D eigenvalue weighted by atomic mass is 16.5. The topological polar surface area (TPSA) is 52.3 Å². The third kappa shape index (κ3) is 4.34. The van der Waals surface area contributed by atoms with E-state index >= 15 is 0 Å². The number of benzene rings is 1. The molecular weight excluding hydrogens is 250 g/mol. The first-order chi connectivity index (χ1) is 9.54. The molecule has 3 unspecified atom stereocenters. The Kier molecular flexibility index (Phi) is 5.18. The number of esters is 1. The molecule has 3 heteroatoms. The normalized spacial score (nSPS) is 27.9. The molecule has 1 fully saturated rings. The van der Waals surface area contributed by atoms with Crippen LogP contribution in [0.25, 0.3) is 0 Å². The van der Waals surface area contributed by atoms with Crippen LogP contribution in [-0.4, -0.2) is 12.1 Å². The molecule has 0 spiro atoms.